The first-order chi connectivity index (χ1) is 9.16. The average molecular weight is 264 g/mol. The Balaban J connectivity index is 1.76. The van der Waals surface area contributed by atoms with Gasteiger partial charge in [-0.2, -0.15) is 0 Å². The van der Waals surface area contributed by atoms with Gasteiger partial charge >= 0.3 is 6.09 Å². The van der Waals surface area contributed by atoms with Crippen molar-refractivity contribution in [3.8, 4) is 0 Å². The summed E-state index contributed by atoms with van der Waals surface area (Å²) in [5.41, 5.74) is 0.965. The number of carbonyl (C=O) groups excluding carboxylic acids is 1. The molecule has 5 nitrogen and oxygen atoms in total. The first kappa shape index (κ1) is 13.8. The topological polar surface area (TPSA) is 61.8 Å². The molecule has 1 amide bonds. The van der Waals surface area contributed by atoms with Crippen LogP contribution in [-0.2, 0) is 11.3 Å². The molecule has 1 fully saturated rings. The lowest BCUT2D eigenvalue weighted by Crippen LogP contribution is -2.36. The zero-order valence-corrected chi connectivity index (χ0v) is 11.1. The van der Waals surface area contributed by atoms with Crippen LogP contribution in [0.3, 0.4) is 0 Å². The van der Waals surface area contributed by atoms with Crippen LogP contribution in [0.5, 0.6) is 0 Å². The Labute approximate surface area is 113 Å². The lowest BCUT2D eigenvalue weighted by atomic mass is 10.1. The number of ether oxygens (including phenoxy) is 1. The number of carbonyl (C=O) groups is 1. The van der Waals surface area contributed by atoms with E-state index in [1.165, 1.54) is 4.90 Å². The van der Waals surface area contributed by atoms with Crippen LogP contribution in [0.4, 0.5) is 4.79 Å². The maximum absolute atomic E-state index is 11.8. The van der Waals surface area contributed by atoms with E-state index in [0.717, 1.165) is 12.1 Å². The molecule has 0 aromatic heterocycles. The molecule has 1 aromatic rings. The molecular formula is C14H20N2O3. The summed E-state index contributed by atoms with van der Waals surface area (Å²) in [6.45, 7) is 2.10. The molecule has 2 rings (SSSR count). The molecule has 1 heterocycles. The zero-order valence-electron chi connectivity index (χ0n) is 11.1. The van der Waals surface area contributed by atoms with Gasteiger partial charge < -0.3 is 20.1 Å². The molecule has 1 unspecified atom stereocenters. The Kier molecular flexibility index (Phi) is 4.76. The fourth-order valence-corrected chi connectivity index (χ4v) is 2.16. The van der Waals surface area contributed by atoms with Crippen molar-refractivity contribution in [2.45, 2.75) is 12.7 Å². The fourth-order valence-electron chi connectivity index (χ4n) is 2.16. The molecule has 2 atom stereocenters. The molecule has 104 valence electrons. The minimum atomic E-state index is -0.385. The van der Waals surface area contributed by atoms with Gasteiger partial charge in [0.15, 0.2) is 0 Å². The summed E-state index contributed by atoms with van der Waals surface area (Å²) in [6, 6.07) is 9.57. The number of rotatable bonds is 4. The van der Waals surface area contributed by atoms with Gasteiger partial charge in [-0.1, -0.05) is 30.3 Å². The van der Waals surface area contributed by atoms with Crippen molar-refractivity contribution in [1.82, 2.24) is 10.2 Å². The standard InChI is InChI=1S/C14H20N2O3/c1-16(9-12-7-15-8-13(12)17)14(18)19-10-11-5-3-2-4-6-11/h2-6,12-13,15,17H,7-10H2,1H3/t12?,13-/m0/s1. The molecule has 1 saturated heterocycles. The molecule has 0 aliphatic carbocycles. The maximum Gasteiger partial charge on any atom is 0.409 e. The van der Waals surface area contributed by atoms with Crippen molar-refractivity contribution in [3.05, 3.63) is 35.9 Å². The second-order valence-electron chi connectivity index (χ2n) is 4.91. The maximum atomic E-state index is 11.8. The Morgan fingerprint density at radius 1 is 1.42 bits per heavy atom. The normalized spacial score (nSPS) is 22.2. The van der Waals surface area contributed by atoms with Crippen LogP contribution in [0.15, 0.2) is 30.3 Å². The summed E-state index contributed by atoms with van der Waals surface area (Å²) in [5.74, 6) is 0.0780. The van der Waals surface area contributed by atoms with Crippen LogP contribution in [-0.4, -0.2) is 48.9 Å². The minimum absolute atomic E-state index is 0.0780. The summed E-state index contributed by atoms with van der Waals surface area (Å²) in [7, 11) is 1.69. The Bertz CT molecular complexity index is 410. The quantitative estimate of drug-likeness (QED) is 0.846. The van der Waals surface area contributed by atoms with E-state index in [4.69, 9.17) is 4.74 Å². The second kappa shape index (κ2) is 6.54. The van der Waals surface area contributed by atoms with Gasteiger partial charge in [0.05, 0.1) is 6.10 Å². The van der Waals surface area contributed by atoms with E-state index in [-0.39, 0.29) is 24.7 Å². The zero-order chi connectivity index (χ0) is 13.7. The number of amides is 1. The molecule has 0 saturated carbocycles. The highest BCUT2D eigenvalue weighted by molar-refractivity contribution is 5.67. The lowest BCUT2D eigenvalue weighted by molar-refractivity contribution is 0.0845. The number of benzene rings is 1. The van der Waals surface area contributed by atoms with Crippen LogP contribution in [0, 0.1) is 5.92 Å². The third kappa shape index (κ3) is 3.94. The minimum Gasteiger partial charge on any atom is -0.445 e. The van der Waals surface area contributed by atoms with E-state index in [1.54, 1.807) is 7.05 Å². The molecule has 1 aliphatic heterocycles. The van der Waals surface area contributed by atoms with Crippen molar-refractivity contribution in [3.63, 3.8) is 0 Å². The molecule has 1 aliphatic rings. The van der Waals surface area contributed by atoms with Crippen molar-refractivity contribution < 1.29 is 14.6 Å². The fraction of sp³-hybridized carbons (Fsp3) is 0.500. The first-order valence-corrected chi connectivity index (χ1v) is 6.47. The van der Waals surface area contributed by atoms with Crippen LogP contribution < -0.4 is 5.32 Å². The molecule has 19 heavy (non-hydrogen) atoms. The summed E-state index contributed by atoms with van der Waals surface area (Å²) in [4.78, 5) is 13.3. The molecule has 5 heteroatoms. The van der Waals surface area contributed by atoms with Gasteiger partial charge in [-0.05, 0) is 5.56 Å². The Morgan fingerprint density at radius 2 is 2.16 bits per heavy atom. The monoisotopic (exact) mass is 264 g/mol. The van der Waals surface area contributed by atoms with Crippen molar-refractivity contribution in [1.29, 1.82) is 0 Å². The number of β-amino-alcohol motifs (C(OH)–C–C–N with tert-alkyl or cyclic N) is 1. The van der Waals surface area contributed by atoms with Crippen LogP contribution in [0.25, 0.3) is 0 Å². The first-order valence-electron chi connectivity index (χ1n) is 6.47. The highest BCUT2D eigenvalue weighted by atomic mass is 16.6. The number of aliphatic hydroxyl groups is 1. The van der Waals surface area contributed by atoms with Gasteiger partial charge in [0.1, 0.15) is 6.61 Å². The molecule has 2 N–H and O–H groups in total. The summed E-state index contributed by atoms with van der Waals surface area (Å²) < 4.78 is 5.22. The van der Waals surface area contributed by atoms with Gasteiger partial charge in [0.25, 0.3) is 0 Å². The van der Waals surface area contributed by atoms with E-state index in [9.17, 15) is 9.90 Å². The Hall–Kier alpha value is -1.59. The number of hydrogen-bond donors (Lipinski definition) is 2. The molecule has 0 radical (unpaired) electrons. The van der Waals surface area contributed by atoms with Crippen molar-refractivity contribution >= 4 is 6.09 Å². The predicted molar refractivity (Wildman–Crippen MR) is 71.6 cm³/mol. The van der Waals surface area contributed by atoms with Crippen LogP contribution >= 0.6 is 0 Å². The second-order valence-corrected chi connectivity index (χ2v) is 4.91. The van der Waals surface area contributed by atoms with Crippen molar-refractivity contribution in [2.75, 3.05) is 26.7 Å². The summed E-state index contributed by atoms with van der Waals surface area (Å²) >= 11 is 0. The van der Waals surface area contributed by atoms with Gasteiger partial charge in [-0.15, -0.1) is 0 Å². The third-order valence-electron chi connectivity index (χ3n) is 3.33. The summed E-state index contributed by atoms with van der Waals surface area (Å²) in [6.07, 6.45) is -0.743. The molecule has 1 aromatic carbocycles. The number of nitrogens with zero attached hydrogens (tertiary/aromatic N) is 1. The van der Waals surface area contributed by atoms with E-state index in [2.05, 4.69) is 5.32 Å². The smallest absolute Gasteiger partial charge is 0.409 e. The predicted octanol–water partition coefficient (Wildman–Crippen LogP) is 0.835. The van der Waals surface area contributed by atoms with Gasteiger partial charge in [-0.3, -0.25) is 0 Å². The van der Waals surface area contributed by atoms with Gasteiger partial charge in [0.2, 0.25) is 0 Å². The highest BCUT2D eigenvalue weighted by Crippen LogP contribution is 2.11. The SMILES string of the molecule is CN(CC1CNC[C@@H]1O)C(=O)OCc1ccccc1. The highest BCUT2D eigenvalue weighted by Gasteiger charge is 2.27. The molecule has 0 bridgehead atoms. The van der Waals surface area contributed by atoms with Gasteiger partial charge in [-0.25, -0.2) is 4.79 Å². The van der Waals surface area contributed by atoms with E-state index >= 15 is 0 Å². The summed E-state index contributed by atoms with van der Waals surface area (Å²) in [5, 5.41) is 12.8. The molecule has 0 spiro atoms. The van der Waals surface area contributed by atoms with E-state index in [1.807, 2.05) is 30.3 Å². The number of hydrogen-bond acceptors (Lipinski definition) is 4. The van der Waals surface area contributed by atoms with E-state index < -0.39 is 0 Å². The average Bonchev–Trinajstić information content (AvgIpc) is 2.82. The van der Waals surface area contributed by atoms with Crippen LogP contribution in [0.2, 0.25) is 0 Å². The lowest BCUT2D eigenvalue weighted by Gasteiger charge is -2.22. The van der Waals surface area contributed by atoms with E-state index in [0.29, 0.717) is 13.1 Å². The van der Waals surface area contributed by atoms with Crippen molar-refractivity contribution in [2.24, 2.45) is 5.92 Å². The Morgan fingerprint density at radius 3 is 2.79 bits per heavy atom. The van der Waals surface area contributed by atoms with Gasteiger partial charge in [0, 0.05) is 32.6 Å². The largest absolute Gasteiger partial charge is 0.445 e. The molecular weight excluding hydrogens is 244 g/mol. The number of nitrogens with one attached hydrogen (secondary N) is 1. The third-order valence-corrected chi connectivity index (χ3v) is 3.33. The van der Waals surface area contributed by atoms with Crippen LogP contribution in [0.1, 0.15) is 5.56 Å². The number of aliphatic hydroxyl groups excluding tert-OH is 1.